The highest BCUT2D eigenvalue weighted by atomic mass is 16.6. The van der Waals surface area contributed by atoms with Gasteiger partial charge in [0.05, 0.1) is 6.04 Å². The highest BCUT2D eigenvalue weighted by molar-refractivity contribution is 5.84. The molecule has 0 radical (unpaired) electrons. The van der Waals surface area contributed by atoms with Crippen molar-refractivity contribution in [2.24, 2.45) is 5.73 Å². The molecule has 0 unspecified atom stereocenters. The van der Waals surface area contributed by atoms with Crippen LogP contribution in [0.2, 0.25) is 0 Å². The number of esters is 1. The molecule has 7 nitrogen and oxygen atoms in total. The molecule has 108 valence electrons. The summed E-state index contributed by atoms with van der Waals surface area (Å²) in [5.41, 5.74) is 7.72. The third-order valence-electron chi connectivity index (χ3n) is 3.30. The first-order valence-electron chi connectivity index (χ1n) is 6.04. The number of benzene rings is 1. The number of rotatable bonds is 4. The molecule has 0 aromatic heterocycles. The van der Waals surface area contributed by atoms with Crippen molar-refractivity contribution in [1.29, 1.82) is 0 Å². The number of nitrogens with two attached hydrogens (primary N) is 1. The van der Waals surface area contributed by atoms with Crippen molar-refractivity contribution in [3.05, 3.63) is 35.4 Å². The van der Waals surface area contributed by atoms with Gasteiger partial charge in [0.15, 0.2) is 12.2 Å². The highest BCUT2D eigenvalue weighted by Gasteiger charge is 2.37. The van der Waals surface area contributed by atoms with Crippen molar-refractivity contribution in [1.82, 2.24) is 0 Å². The van der Waals surface area contributed by atoms with Gasteiger partial charge >= 0.3 is 11.9 Å². The average Bonchev–Trinajstić information content (AvgIpc) is 2.74. The molecule has 0 heterocycles. The fraction of sp³-hybridized carbons (Fsp3) is 0.385. The summed E-state index contributed by atoms with van der Waals surface area (Å²) in [7, 11) is 0. The van der Waals surface area contributed by atoms with Gasteiger partial charge < -0.3 is 25.8 Å². The van der Waals surface area contributed by atoms with Gasteiger partial charge in [0, 0.05) is 6.42 Å². The van der Waals surface area contributed by atoms with E-state index in [2.05, 4.69) is 0 Å². The number of carboxylic acids is 1. The van der Waals surface area contributed by atoms with Crippen LogP contribution in [0.4, 0.5) is 0 Å². The second kappa shape index (κ2) is 5.58. The SMILES string of the molecule is N[C@@H]1c2ccccc2C[C@@H]1OC(=O)[C@H](O)[C@@H](O)C(=O)O. The zero-order valence-corrected chi connectivity index (χ0v) is 10.5. The minimum Gasteiger partial charge on any atom is -0.479 e. The molecular formula is C13H15NO6. The van der Waals surface area contributed by atoms with Crippen LogP contribution < -0.4 is 5.73 Å². The number of carbonyl (C=O) groups is 2. The summed E-state index contributed by atoms with van der Waals surface area (Å²) in [5.74, 6) is -2.90. The van der Waals surface area contributed by atoms with Crippen molar-refractivity contribution < 1.29 is 29.6 Å². The molecule has 0 amide bonds. The summed E-state index contributed by atoms with van der Waals surface area (Å²) in [6, 6.07) is 6.77. The number of hydrogen-bond donors (Lipinski definition) is 4. The molecule has 1 aliphatic carbocycles. The van der Waals surface area contributed by atoms with Gasteiger partial charge in [0.1, 0.15) is 6.10 Å². The molecule has 1 aromatic rings. The molecular weight excluding hydrogens is 266 g/mol. The fourth-order valence-corrected chi connectivity index (χ4v) is 2.19. The van der Waals surface area contributed by atoms with Crippen LogP contribution in [0.25, 0.3) is 0 Å². The van der Waals surface area contributed by atoms with Crippen molar-refractivity contribution in [3.8, 4) is 0 Å². The number of carboxylic acid groups (broad SMARTS) is 1. The van der Waals surface area contributed by atoms with Gasteiger partial charge in [0.2, 0.25) is 0 Å². The first kappa shape index (κ1) is 14.4. The molecule has 0 saturated heterocycles. The van der Waals surface area contributed by atoms with Crippen LogP contribution >= 0.6 is 0 Å². The lowest BCUT2D eigenvalue weighted by atomic mass is 10.1. The Labute approximate surface area is 114 Å². The summed E-state index contributed by atoms with van der Waals surface area (Å²) >= 11 is 0. The number of ether oxygens (including phenoxy) is 1. The second-order valence-electron chi connectivity index (χ2n) is 4.63. The van der Waals surface area contributed by atoms with E-state index in [9.17, 15) is 14.7 Å². The zero-order valence-electron chi connectivity index (χ0n) is 10.5. The molecule has 1 aliphatic rings. The van der Waals surface area contributed by atoms with Crippen LogP contribution in [0, 0.1) is 0 Å². The minimum atomic E-state index is -2.22. The third kappa shape index (κ3) is 2.64. The van der Waals surface area contributed by atoms with Crippen LogP contribution in [-0.2, 0) is 20.7 Å². The Morgan fingerprint density at radius 3 is 2.50 bits per heavy atom. The molecule has 0 aliphatic heterocycles. The van der Waals surface area contributed by atoms with Crippen molar-refractivity contribution >= 4 is 11.9 Å². The Balaban J connectivity index is 2.02. The Bertz CT molecular complexity index is 531. The van der Waals surface area contributed by atoms with Crippen molar-refractivity contribution in [2.45, 2.75) is 30.8 Å². The highest BCUT2D eigenvalue weighted by Crippen LogP contribution is 2.31. The van der Waals surface area contributed by atoms with Crippen LogP contribution in [0.15, 0.2) is 24.3 Å². The summed E-state index contributed by atoms with van der Waals surface area (Å²) in [5, 5.41) is 27.0. The maximum atomic E-state index is 11.6. The normalized spacial score (nSPS) is 23.8. The van der Waals surface area contributed by atoms with E-state index in [1.165, 1.54) is 0 Å². The molecule has 7 heteroatoms. The second-order valence-corrected chi connectivity index (χ2v) is 4.63. The van der Waals surface area contributed by atoms with E-state index >= 15 is 0 Å². The molecule has 2 rings (SSSR count). The van der Waals surface area contributed by atoms with Gasteiger partial charge in [-0.15, -0.1) is 0 Å². The zero-order chi connectivity index (χ0) is 14.9. The van der Waals surface area contributed by atoms with Crippen molar-refractivity contribution in [3.63, 3.8) is 0 Å². The first-order valence-corrected chi connectivity index (χ1v) is 6.04. The van der Waals surface area contributed by atoms with E-state index in [0.29, 0.717) is 6.42 Å². The van der Waals surface area contributed by atoms with Gasteiger partial charge in [-0.3, -0.25) is 0 Å². The minimum absolute atomic E-state index is 0.388. The van der Waals surface area contributed by atoms with Gasteiger partial charge in [-0.2, -0.15) is 0 Å². The molecule has 20 heavy (non-hydrogen) atoms. The standard InChI is InChI=1S/C13H15NO6/c14-9-7-4-2-1-3-6(7)5-8(9)20-13(19)11(16)10(15)12(17)18/h1-4,8-11,15-16H,5,14H2,(H,17,18)/t8-,9+,10+,11+/m0/s1. The van der Waals surface area contributed by atoms with Crippen molar-refractivity contribution in [2.75, 3.05) is 0 Å². The first-order chi connectivity index (χ1) is 9.41. The average molecular weight is 281 g/mol. The summed E-state index contributed by atoms with van der Waals surface area (Å²) in [4.78, 5) is 22.1. The number of aliphatic hydroxyl groups is 2. The molecule has 4 atom stereocenters. The van der Waals surface area contributed by atoms with Crippen LogP contribution in [-0.4, -0.2) is 45.6 Å². The maximum absolute atomic E-state index is 11.6. The lowest BCUT2D eigenvalue weighted by molar-refractivity contribution is -0.173. The third-order valence-corrected chi connectivity index (χ3v) is 3.30. The van der Waals surface area contributed by atoms with E-state index in [-0.39, 0.29) is 0 Å². The Morgan fingerprint density at radius 1 is 1.25 bits per heavy atom. The van der Waals surface area contributed by atoms with E-state index in [1.54, 1.807) is 0 Å². The summed E-state index contributed by atoms with van der Waals surface area (Å²) in [6.45, 7) is 0. The molecule has 0 bridgehead atoms. The molecule has 0 saturated carbocycles. The number of hydrogen-bond acceptors (Lipinski definition) is 6. The number of aliphatic carboxylic acids is 1. The quantitative estimate of drug-likeness (QED) is 0.518. The number of fused-ring (bicyclic) bond motifs is 1. The summed E-state index contributed by atoms with van der Waals surface area (Å²) < 4.78 is 5.00. The van der Waals surface area contributed by atoms with E-state index < -0.39 is 36.3 Å². The Morgan fingerprint density at radius 2 is 1.90 bits per heavy atom. The van der Waals surface area contributed by atoms with Gasteiger partial charge in [-0.25, -0.2) is 9.59 Å². The van der Waals surface area contributed by atoms with Crippen LogP contribution in [0.5, 0.6) is 0 Å². The summed E-state index contributed by atoms with van der Waals surface area (Å²) in [6.07, 6.45) is -4.65. The number of carbonyl (C=O) groups excluding carboxylic acids is 1. The maximum Gasteiger partial charge on any atom is 0.338 e. The smallest absolute Gasteiger partial charge is 0.338 e. The molecule has 0 fully saturated rings. The fourth-order valence-electron chi connectivity index (χ4n) is 2.19. The largest absolute Gasteiger partial charge is 0.479 e. The predicted molar refractivity (Wildman–Crippen MR) is 66.6 cm³/mol. The van der Waals surface area contributed by atoms with E-state index in [4.69, 9.17) is 20.7 Å². The monoisotopic (exact) mass is 281 g/mol. The lowest BCUT2D eigenvalue weighted by Crippen LogP contribution is -2.43. The Hall–Kier alpha value is -1.96. The number of aliphatic hydroxyl groups excluding tert-OH is 2. The van der Waals surface area contributed by atoms with Crippen LogP contribution in [0.1, 0.15) is 17.2 Å². The molecule has 1 aromatic carbocycles. The van der Waals surface area contributed by atoms with Gasteiger partial charge in [0.25, 0.3) is 0 Å². The molecule has 5 N–H and O–H groups in total. The lowest BCUT2D eigenvalue weighted by Gasteiger charge is -2.20. The van der Waals surface area contributed by atoms with Gasteiger partial charge in [-0.1, -0.05) is 24.3 Å². The van der Waals surface area contributed by atoms with E-state index in [1.807, 2.05) is 24.3 Å². The Kier molecular flexibility index (Phi) is 4.03. The molecule has 0 spiro atoms. The predicted octanol–water partition coefficient (Wildman–Crippen LogP) is -1.04. The van der Waals surface area contributed by atoms with Crippen LogP contribution in [0.3, 0.4) is 0 Å². The topological polar surface area (TPSA) is 130 Å². The van der Waals surface area contributed by atoms with E-state index in [0.717, 1.165) is 11.1 Å². The van der Waals surface area contributed by atoms with Gasteiger partial charge in [-0.05, 0) is 11.1 Å².